The third-order valence-electron chi connectivity index (χ3n) is 5.81. The van der Waals surface area contributed by atoms with Crippen molar-refractivity contribution < 1.29 is 18.7 Å². The topological polar surface area (TPSA) is 77.7 Å². The van der Waals surface area contributed by atoms with E-state index in [1.807, 2.05) is 29.3 Å². The highest BCUT2D eigenvalue weighted by Crippen LogP contribution is 2.24. The summed E-state index contributed by atoms with van der Waals surface area (Å²) >= 11 is 0. The maximum absolute atomic E-state index is 13.1. The van der Waals surface area contributed by atoms with Crippen molar-refractivity contribution in [1.29, 1.82) is 0 Å². The SMILES string of the molecule is COc1ccc2[nH]cc(CC(=O)NCCC(=O)N3CCN(c4ccc(F)cc4)CC3)c2c1. The lowest BCUT2D eigenvalue weighted by atomic mass is 10.1. The number of halogens is 1. The van der Waals surface area contributed by atoms with Crippen LogP contribution in [0.25, 0.3) is 10.9 Å². The van der Waals surface area contributed by atoms with Crippen molar-refractivity contribution in [3.63, 3.8) is 0 Å². The minimum absolute atomic E-state index is 0.0286. The van der Waals surface area contributed by atoms with Gasteiger partial charge in [0.1, 0.15) is 11.6 Å². The summed E-state index contributed by atoms with van der Waals surface area (Å²) in [6.07, 6.45) is 2.33. The van der Waals surface area contributed by atoms with Gasteiger partial charge in [0.05, 0.1) is 13.5 Å². The Bertz CT molecular complexity index is 1090. The molecule has 168 valence electrons. The molecule has 2 N–H and O–H groups in total. The summed E-state index contributed by atoms with van der Waals surface area (Å²) < 4.78 is 18.4. The van der Waals surface area contributed by atoms with E-state index in [9.17, 15) is 14.0 Å². The molecule has 0 radical (unpaired) electrons. The van der Waals surface area contributed by atoms with Gasteiger partial charge in [0.2, 0.25) is 11.8 Å². The van der Waals surface area contributed by atoms with Gasteiger partial charge in [0, 0.05) is 61.9 Å². The number of benzene rings is 2. The third kappa shape index (κ3) is 5.01. The third-order valence-corrected chi connectivity index (χ3v) is 5.81. The molecule has 2 aromatic carbocycles. The molecule has 0 aliphatic carbocycles. The minimum Gasteiger partial charge on any atom is -0.497 e. The second kappa shape index (κ2) is 9.72. The van der Waals surface area contributed by atoms with Crippen LogP contribution in [0.15, 0.2) is 48.7 Å². The molecule has 7 nitrogen and oxygen atoms in total. The van der Waals surface area contributed by atoms with Gasteiger partial charge in [-0.3, -0.25) is 9.59 Å². The number of amides is 2. The van der Waals surface area contributed by atoms with Crippen molar-refractivity contribution in [2.75, 3.05) is 44.7 Å². The number of hydrogen-bond acceptors (Lipinski definition) is 4. The van der Waals surface area contributed by atoms with Crippen LogP contribution in [0.5, 0.6) is 5.75 Å². The van der Waals surface area contributed by atoms with Crippen LogP contribution in [0.2, 0.25) is 0 Å². The highest BCUT2D eigenvalue weighted by atomic mass is 19.1. The van der Waals surface area contributed by atoms with Crippen LogP contribution in [0, 0.1) is 5.82 Å². The number of aromatic nitrogens is 1. The zero-order valence-electron chi connectivity index (χ0n) is 18.1. The van der Waals surface area contributed by atoms with Crippen molar-refractivity contribution in [2.24, 2.45) is 0 Å². The normalized spacial score (nSPS) is 13.9. The minimum atomic E-state index is -0.256. The molecule has 4 rings (SSSR count). The van der Waals surface area contributed by atoms with Gasteiger partial charge < -0.3 is 24.8 Å². The molecular formula is C24H27FN4O3. The maximum atomic E-state index is 13.1. The molecule has 3 aromatic rings. The fraction of sp³-hybridized carbons (Fsp3) is 0.333. The molecule has 1 aromatic heterocycles. The van der Waals surface area contributed by atoms with Crippen LogP contribution in [0.4, 0.5) is 10.1 Å². The Balaban J connectivity index is 1.21. The number of methoxy groups -OCH3 is 1. The summed E-state index contributed by atoms with van der Waals surface area (Å²) in [5.74, 6) is 0.390. The second-order valence-electron chi connectivity index (χ2n) is 7.85. The number of anilines is 1. The van der Waals surface area contributed by atoms with E-state index in [4.69, 9.17) is 4.74 Å². The number of nitrogens with one attached hydrogen (secondary N) is 2. The molecule has 0 atom stereocenters. The van der Waals surface area contributed by atoms with Crippen molar-refractivity contribution in [1.82, 2.24) is 15.2 Å². The molecule has 1 aliphatic rings. The molecule has 2 heterocycles. The largest absolute Gasteiger partial charge is 0.497 e. The second-order valence-corrected chi connectivity index (χ2v) is 7.85. The summed E-state index contributed by atoms with van der Waals surface area (Å²) in [6.45, 7) is 2.94. The summed E-state index contributed by atoms with van der Waals surface area (Å²) in [5, 5.41) is 3.80. The molecule has 0 unspecified atom stereocenters. The molecule has 1 fully saturated rings. The van der Waals surface area contributed by atoms with Gasteiger partial charge in [0.25, 0.3) is 0 Å². The highest BCUT2D eigenvalue weighted by Gasteiger charge is 2.21. The number of carbonyl (C=O) groups is 2. The van der Waals surface area contributed by atoms with Crippen LogP contribution >= 0.6 is 0 Å². The van der Waals surface area contributed by atoms with Crippen LogP contribution < -0.4 is 15.0 Å². The number of rotatable bonds is 7. The maximum Gasteiger partial charge on any atom is 0.224 e. The Hall–Kier alpha value is -3.55. The summed E-state index contributed by atoms with van der Waals surface area (Å²) in [6, 6.07) is 12.1. The molecule has 0 spiro atoms. The number of ether oxygens (including phenoxy) is 1. The fourth-order valence-corrected chi connectivity index (χ4v) is 4.00. The van der Waals surface area contributed by atoms with E-state index >= 15 is 0 Å². The zero-order chi connectivity index (χ0) is 22.5. The Kier molecular flexibility index (Phi) is 6.58. The number of H-pyrrole nitrogens is 1. The molecule has 0 saturated carbocycles. The summed E-state index contributed by atoms with van der Waals surface area (Å²) in [4.78, 5) is 32.0. The van der Waals surface area contributed by atoms with Gasteiger partial charge in [-0.05, 0) is 48.0 Å². The average Bonchev–Trinajstić information content (AvgIpc) is 3.21. The highest BCUT2D eigenvalue weighted by molar-refractivity contribution is 5.90. The van der Waals surface area contributed by atoms with Gasteiger partial charge in [-0.1, -0.05) is 0 Å². The number of hydrogen-bond donors (Lipinski definition) is 2. The lowest BCUT2D eigenvalue weighted by molar-refractivity contribution is -0.131. The van der Waals surface area contributed by atoms with Crippen LogP contribution in [0.3, 0.4) is 0 Å². The predicted octanol–water partition coefficient (Wildman–Crippen LogP) is 2.71. The standard InChI is InChI=1S/C24H27FN4O3/c1-32-20-6-7-22-21(15-20)17(16-27-22)14-23(30)26-9-8-24(31)29-12-10-28(11-13-29)19-4-2-18(25)3-5-19/h2-7,15-16,27H,8-14H2,1H3,(H,26,30). The van der Waals surface area contributed by atoms with Crippen molar-refractivity contribution in [2.45, 2.75) is 12.8 Å². The van der Waals surface area contributed by atoms with Crippen LogP contribution in [-0.4, -0.2) is 61.5 Å². The van der Waals surface area contributed by atoms with E-state index in [0.717, 1.165) is 27.9 Å². The molecule has 1 aliphatic heterocycles. The molecular weight excluding hydrogens is 411 g/mol. The first-order chi connectivity index (χ1) is 15.5. The molecule has 8 heteroatoms. The van der Waals surface area contributed by atoms with Gasteiger partial charge in [0.15, 0.2) is 0 Å². The number of fused-ring (bicyclic) bond motifs is 1. The monoisotopic (exact) mass is 438 g/mol. The first-order valence-corrected chi connectivity index (χ1v) is 10.7. The average molecular weight is 439 g/mol. The van der Waals surface area contributed by atoms with Crippen LogP contribution in [-0.2, 0) is 16.0 Å². The van der Waals surface area contributed by atoms with E-state index < -0.39 is 0 Å². The number of aromatic amines is 1. The molecule has 0 bridgehead atoms. The number of carbonyl (C=O) groups excluding carboxylic acids is 2. The Morgan fingerprint density at radius 3 is 2.56 bits per heavy atom. The first-order valence-electron chi connectivity index (χ1n) is 10.7. The number of piperazine rings is 1. The van der Waals surface area contributed by atoms with Gasteiger partial charge in [-0.25, -0.2) is 4.39 Å². The lowest BCUT2D eigenvalue weighted by Crippen LogP contribution is -2.49. The first kappa shape index (κ1) is 21.7. The van der Waals surface area contributed by atoms with E-state index in [1.165, 1.54) is 12.1 Å². The van der Waals surface area contributed by atoms with Gasteiger partial charge >= 0.3 is 0 Å². The smallest absolute Gasteiger partial charge is 0.224 e. The van der Waals surface area contributed by atoms with E-state index in [0.29, 0.717) is 32.7 Å². The van der Waals surface area contributed by atoms with Crippen molar-refractivity contribution in [3.8, 4) is 5.75 Å². The Morgan fingerprint density at radius 1 is 1.09 bits per heavy atom. The summed E-state index contributed by atoms with van der Waals surface area (Å²) in [5.41, 5.74) is 2.80. The van der Waals surface area contributed by atoms with Crippen LogP contribution in [0.1, 0.15) is 12.0 Å². The molecule has 2 amide bonds. The van der Waals surface area contributed by atoms with E-state index in [1.54, 1.807) is 19.2 Å². The predicted molar refractivity (Wildman–Crippen MR) is 121 cm³/mol. The number of nitrogens with zero attached hydrogens (tertiary/aromatic N) is 2. The summed E-state index contributed by atoms with van der Waals surface area (Å²) in [7, 11) is 1.61. The van der Waals surface area contributed by atoms with Gasteiger partial charge in [-0.15, -0.1) is 0 Å². The Morgan fingerprint density at radius 2 is 1.84 bits per heavy atom. The van der Waals surface area contributed by atoms with E-state index in [-0.39, 0.29) is 30.5 Å². The van der Waals surface area contributed by atoms with Crippen molar-refractivity contribution >= 4 is 28.4 Å². The fourth-order valence-electron chi connectivity index (χ4n) is 4.00. The lowest BCUT2D eigenvalue weighted by Gasteiger charge is -2.36. The van der Waals surface area contributed by atoms with Gasteiger partial charge in [-0.2, -0.15) is 0 Å². The zero-order valence-corrected chi connectivity index (χ0v) is 18.1. The van der Waals surface area contributed by atoms with E-state index in [2.05, 4.69) is 15.2 Å². The Labute approximate surface area is 186 Å². The quantitative estimate of drug-likeness (QED) is 0.595. The molecule has 32 heavy (non-hydrogen) atoms. The molecule has 1 saturated heterocycles. The van der Waals surface area contributed by atoms with Crippen molar-refractivity contribution in [3.05, 3.63) is 60.0 Å².